The zero-order chi connectivity index (χ0) is 39.6. The van der Waals surface area contributed by atoms with Crippen molar-refractivity contribution in [1.29, 1.82) is 0 Å². The summed E-state index contributed by atoms with van der Waals surface area (Å²) in [4.78, 5) is 2.51. The van der Waals surface area contributed by atoms with Crippen LogP contribution in [0.15, 0.2) is 231 Å². The molecule has 0 fully saturated rings. The molecule has 60 heavy (non-hydrogen) atoms. The SMILES string of the molecule is c1ccc(-c2cc(-c3ccccc3)cc(N3c4cc5c(cc4-c4cccc6cccc3c46)c3ccccc3n5-c3cc(-c4ccccc4)cc(-c4ccccc4)c3)c2)cc1. The zero-order valence-electron chi connectivity index (χ0n) is 32.8. The molecular weight excluding hydrogens is 725 g/mol. The first-order valence-electron chi connectivity index (χ1n) is 20.7. The van der Waals surface area contributed by atoms with Crippen molar-refractivity contribution in [1.82, 2.24) is 4.57 Å². The Hall–Kier alpha value is -7.94. The molecule has 1 aliphatic heterocycles. The topological polar surface area (TPSA) is 8.17 Å². The van der Waals surface area contributed by atoms with Crippen LogP contribution < -0.4 is 4.90 Å². The molecule has 2 nitrogen and oxygen atoms in total. The number of benzene rings is 10. The average Bonchev–Trinajstić information content (AvgIpc) is 3.65. The van der Waals surface area contributed by atoms with Gasteiger partial charge in [0, 0.05) is 33.1 Å². The number of fused-ring (bicyclic) bond motifs is 5. The first-order chi connectivity index (χ1) is 29.7. The Labute approximate surface area is 349 Å². The summed E-state index contributed by atoms with van der Waals surface area (Å²) in [6.45, 7) is 0. The van der Waals surface area contributed by atoms with Gasteiger partial charge in [-0.15, -0.1) is 0 Å². The van der Waals surface area contributed by atoms with E-state index in [-0.39, 0.29) is 0 Å². The summed E-state index contributed by atoms with van der Waals surface area (Å²) in [6.07, 6.45) is 0. The van der Waals surface area contributed by atoms with E-state index in [0.29, 0.717) is 0 Å². The van der Waals surface area contributed by atoms with Crippen molar-refractivity contribution in [2.75, 3.05) is 4.90 Å². The minimum atomic E-state index is 1.12. The molecule has 0 atom stereocenters. The molecule has 0 N–H and O–H groups in total. The van der Waals surface area contributed by atoms with Crippen LogP contribution in [0, 0.1) is 0 Å². The molecular formula is C58H38N2. The van der Waals surface area contributed by atoms with Crippen molar-refractivity contribution >= 4 is 49.6 Å². The van der Waals surface area contributed by atoms with Gasteiger partial charge >= 0.3 is 0 Å². The molecule has 10 aromatic carbocycles. The van der Waals surface area contributed by atoms with Crippen LogP contribution in [-0.2, 0) is 0 Å². The van der Waals surface area contributed by atoms with Crippen molar-refractivity contribution < 1.29 is 0 Å². The van der Waals surface area contributed by atoms with E-state index in [1.165, 1.54) is 93.9 Å². The highest BCUT2D eigenvalue weighted by Crippen LogP contribution is 2.54. The van der Waals surface area contributed by atoms with Crippen molar-refractivity contribution in [2.45, 2.75) is 0 Å². The quantitative estimate of drug-likeness (QED) is 0.164. The van der Waals surface area contributed by atoms with Crippen LogP contribution in [0.25, 0.3) is 93.9 Å². The lowest BCUT2D eigenvalue weighted by molar-refractivity contribution is 1.18. The van der Waals surface area contributed by atoms with Crippen molar-refractivity contribution in [2.24, 2.45) is 0 Å². The molecule has 0 bridgehead atoms. The van der Waals surface area contributed by atoms with Crippen molar-refractivity contribution in [3.8, 4) is 61.3 Å². The van der Waals surface area contributed by atoms with E-state index in [1.54, 1.807) is 0 Å². The van der Waals surface area contributed by atoms with Gasteiger partial charge in [-0.2, -0.15) is 0 Å². The Morgan fingerprint density at radius 3 is 1.30 bits per heavy atom. The van der Waals surface area contributed by atoms with Gasteiger partial charge in [-0.25, -0.2) is 0 Å². The molecule has 0 saturated carbocycles. The van der Waals surface area contributed by atoms with Crippen LogP contribution in [0.5, 0.6) is 0 Å². The van der Waals surface area contributed by atoms with E-state index in [9.17, 15) is 0 Å². The minimum absolute atomic E-state index is 1.12. The molecule has 0 aliphatic carbocycles. The summed E-state index contributed by atoms with van der Waals surface area (Å²) in [5, 5.41) is 4.97. The standard InChI is InChI=1S/C58H38N2/c1-5-17-39(18-6-1)44-31-45(40-19-7-2-8-20-40)34-48(33-44)59-54-29-14-13-27-50(54)52-37-53-51-28-15-25-43-26-16-30-55(58(43)51)60(57(53)38-56(52)59)49-35-46(41-21-9-3-10-22-41)32-47(36-49)42-23-11-4-12-24-42/h1-38H. The van der Waals surface area contributed by atoms with E-state index >= 15 is 0 Å². The van der Waals surface area contributed by atoms with Gasteiger partial charge in [-0.1, -0.05) is 170 Å². The summed E-state index contributed by atoms with van der Waals surface area (Å²) in [6, 6.07) is 84.5. The average molecular weight is 763 g/mol. The van der Waals surface area contributed by atoms with Gasteiger partial charge in [-0.05, 0) is 116 Å². The fraction of sp³-hybridized carbons (Fsp3) is 0. The molecule has 11 aromatic rings. The van der Waals surface area contributed by atoms with Gasteiger partial charge in [0.15, 0.2) is 0 Å². The number of nitrogens with zero attached hydrogens (tertiary/aromatic N) is 2. The summed E-state index contributed by atoms with van der Waals surface area (Å²) in [5.74, 6) is 0. The molecule has 0 saturated heterocycles. The first-order valence-corrected chi connectivity index (χ1v) is 20.7. The second-order valence-electron chi connectivity index (χ2n) is 15.8. The molecule has 1 aliphatic rings. The maximum atomic E-state index is 2.51. The first kappa shape index (κ1) is 34.1. The summed E-state index contributed by atoms with van der Waals surface area (Å²) in [5.41, 5.74) is 18.9. The molecule has 0 radical (unpaired) electrons. The second-order valence-corrected chi connectivity index (χ2v) is 15.8. The summed E-state index contributed by atoms with van der Waals surface area (Å²) in [7, 11) is 0. The minimum Gasteiger partial charge on any atom is -0.309 e. The fourth-order valence-corrected chi connectivity index (χ4v) is 9.49. The Kier molecular flexibility index (Phi) is 7.89. The van der Waals surface area contributed by atoms with Gasteiger partial charge in [-0.3, -0.25) is 0 Å². The molecule has 1 aromatic heterocycles. The van der Waals surface area contributed by atoms with Crippen LogP contribution in [0.4, 0.5) is 17.1 Å². The number of hydrogen-bond acceptors (Lipinski definition) is 1. The van der Waals surface area contributed by atoms with Gasteiger partial charge in [0.05, 0.1) is 22.4 Å². The van der Waals surface area contributed by atoms with Crippen LogP contribution in [0.1, 0.15) is 0 Å². The Morgan fingerprint density at radius 2 is 0.750 bits per heavy atom. The predicted octanol–water partition coefficient (Wildman–Crippen LogP) is 16.1. The van der Waals surface area contributed by atoms with E-state index in [2.05, 4.69) is 240 Å². The Balaban J connectivity index is 1.17. The molecule has 0 amide bonds. The smallest absolute Gasteiger partial charge is 0.0562 e. The van der Waals surface area contributed by atoms with E-state index in [4.69, 9.17) is 0 Å². The normalized spacial score (nSPS) is 12.0. The third kappa shape index (κ3) is 5.57. The zero-order valence-corrected chi connectivity index (χ0v) is 32.8. The van der Waals surface area contributed by atoms with Gasteiger partial charge in [0.1, 0.15) is 0 Å². The van der Waals surface area contributed by atoms with E-state index in [1.807, 2.05) is 0 Å². The van der Waals surface area contributed by atoms with Crippen molar-refractivity contribution in [3.63, 3.8) is 0 Å². The highest BCUT2D eigenvalue weighted by Gasteiger charge is 2.29. The molecule has 0 spiro atoms. The Morgan fingerprint density at radius 1 is 0.267 bits per heavy atom. The fourth-order valence-electron chi connectivity index (χ4n) is 9.49. The maximum Gasteiger partial charge on any atom is 0.0562 e. The summed E-state index contributed by atoms with van der Waals surface area (Å²) < 4.78 is 2.49. The molecule has 0 unspecified atom stereocenters. The van der Waals surface area contributed by atoms with Crippen LogP contribution >= 0.6 is 0 Å². The Bertz CT molecular complexity index is 3280. The predicted molar refractivity (Wildman–Crippen MR) is 254 cm³/mol. The number of rotatable bonds is 6. The number of hydrogen-bond donors (Lipinski definition) is 0. The van der Waals surface area contributed by atoms with Crippen molar-refractivity contribution in [3.05, 3.63) is 231 Å². The van der Waals surface area contributed by atoms with E-state index < -0.39 is 0 Å². The van der Waals surface area contributed by atoms with Crippen LogP contribution in [-0.4, -0.2) is 4.57 Å². The molecule has 280 valence electrons. The third-order valence-electron chi connectivity index (χ3n) is 12.2. The number of aromatic nitrogens is 1. The monoisotopic (exact) mass is 762 g/mol. The lowest BCUT2D eigenvalue weighted by Crippen LogP contribution is -2.15. The highest BCUT2D eigenvalue weighted by atomic mass is 15.2. The van der Waals surface area contributed by atoms with Gasteiger partial charge in [0.25, 0.3) is 0 Å². The molecule has 2 heteroatoms. The second kappa shape index (κ2) is 13.9. The van der Waals surface area contributed by atoms with Crippen LogP contribution in [0.2, 0.25) is 0 Å². The summed E-state index contributed by atoms with van der Waals surface area (Å²) >= 11 is 0. The van der Waals surface area contributed by atoms with E-state index in [0.717, 1.165) is 17.1 Å². The molecule has 12 rings (SSSR count). The highest BCUT2D eigenvalue weighted by molar-refractivity contribution is 6.19. The lowest BCUT2D eigenvalue weighted by atomic mass is 9.89. The lowest BCUT2D eigenvalue weighted by Gasteiger charge is -2.34. The third-order valence-corrected chi connectivity index (χ3v) is 12.2. The molecule has 2 heterocycles. The van der Waals surface area contributed by atoms with Crippen LogP contribution in [0.3, 0.4) is 0 Å². The number of anilines is 3. The van der Waals surface area contributed by atoms with Gasteiger partial charge in [0.2, 0.25) is 0 Å². The van der Waals surface area contributed by atoms with Gasteiger partial charge < -0.3 is 9.47 Å². The maximum absolute atomic E-state index is 2.51. The largest absolute Gasteiger partial charge is 0.309 e. The number of para-hydroxylation sites is 1.